The van der Waals surface area contributed by atoms with Crippen LogP contribution in [0.2, 0.25) is 5.02 Å². The minimum absolute atomic E-state index is 0.0467. The molecule has 0 aromatic heterocycles. The van der Waals surface area contributed by atoms with E-state index in [1.165, 1.54) is 13.0 Å². The lowest BCUT2D eigenvalue weighted by Gasteiger charge is -2.22. The SMILES string of the molecule is Cc1ccc(Cl)cc1S(=O)(=O)N[C@H](C)C(=O)OC(C)(C)C. The maximum atomic E-state index is 12.3. The van der Waals surface area contributed by atoms with Crippen LogP contribution in [0.4, 0.5) is 0 Å². The molecular formula is C14H20ClNO4S. The minimum atomic E-state index is -3.85. The average molecular weight is 334 g/mol. The largest absolute Gasteiger partial charge is 0.459 e. The summed E-state index contributed by atoms with van der Waals surface area (Å²) in [5, 5.41) is 0.311. The molecule has 0 heterocycles. The highest BCUT2D eigenvalue weighted by molar-refractivity contribution is 7.89. The third-order valence-electron chi connectivity index (χ3n) is 2.53. The fourth-order valence-electron chi connectivity index (χ4n) is 1.60. The number of rotatable bonds is 4. The number of sulfonamides is 1. The number of esters is 1. The van der Waals surface area contributed by atoms with Gasteiger partial charge in [0.15, 0.2) is 0 Å². The van der Waals surface area contributed by atoms with Crippen molar-refractivity contribution in [3.63, 3.8) is 0 Å². The lowest BCUT2D eigenvalue weighted by molar-refractivity contribution is -0.156. The van der Waals surface area contributed by atoms with Gasteiger partial charge in [0.2, 0.25) is 10.0 Å². The summed E-state index contributed by atoms with van der Waals surface area (Å²) in [5.41, 5.74) is -0.133. The summed E-state index contributed by atoms with van der Waals surface area (Å²) in [6, 6.07) is 3.57. The number of hydrogen-bond acceptors (Lipinski definition) is 4. The van der Waals surface area contributed by atoms with Gasteiger partial charge in [0.05, 0.1) is 4.90 Å². The molecule has 0 unspecified atom stereocenters. The minimum Gasteiger partial charge on any atom is -0.459 e. The monoisotopic (exact) mass is 333 g/mol. The zero-order valence-electron chi connectivity index (χ0n) is 12.7. The molecule has 5 nitrogen and oxygen atoms in total. The van der Waals surface area contributed by atoms with Crippen molar-refractivity contribution in [3.05, 3.63) is 28.8 Å². The fourth-order valence-corrected chi connectivity index (χ4v) is 3.30. The van der Waals surface area contributed by atoms with Gasteiger partial charge in [-0.1, -0.05) is 17.7 Å². The van der Waals surface area contributed by atoms with Crippen LogP contribution in [-0.4, -0.2) is 26.0 Å². The summed E-state index contributed by atoms with van der Waals surface area (Å²) >= 11 is 5.83. The molecule has 0 aliphatic heterocycles. The molecule has 1 aromatic rings. The van der Waals surface area contributed by atoms with Gasteiger partial charge in [-0.05, 0) is 52.3 Å². The Balaban J connectivity index is 2.95. The summed E-state index contributed by atoms with van der Waals surface area (Å²) in [6.45, 7) is 8.24. The predicted molar refractivity (Wildman–Crippen MR) is 81.8 cm³/mol. The van der Waals surface area contributed by atoms with Crippen LogP contribution >= 0.6 is 11.6 Å². The topological polar surface area (TPSA) is 72.5 Å². The molecule has 0 saturated carbocycles. The molecule has 0 spiro atoms. The van der Waals surface area contributed by atoms with Crippen LogP contribution in [0.25, 0.3) is 0 Å². The van der Waals surface area contributed by atoms with Gasteiger partial charge in [-0.25, -0.2) is 8.42 Å². The Bertz CT molecular complexity index is 635. The number of hydrogen-bond donors (Lipinski definition) is 1. The summed E-state index contributed by atoms with van der Waals surface area (Å²) in [5.74, 6) is -0.634. The van der Waals surface area contributed by atoms with E-state index >= 15 is 0 Å². The van der Waals surface area contributed by atoms with Crippen LogP contribution in [0.3, 0.4) is 0 Å². The van der Waals surface area contributed by atoms with Crippen molar-refractivity contribution in [2.24, 2.45) is 0 Å². The highest BCUT2D eigenvalue weighted by Gasteiger charge is 2.27. The smallest absolute Gasteiger partial charge is 0.324 e. The molecule has 0 aliphatic carbocycles. The van der Waals surface area contributed by atoms with E-state index < -0.39 is 27.6 Å². The summed E-state index contributed by atoms with van der Waals surface area (Å²) in [7, 11) is -3.85. The number of carbonyl (C=O) groups is 1. The van der Waals surface area contributed by atoms with Gasteiger partial charge in [-0.3, -0.25) is 4.79 Å². The van der Waals surface area contributed by atoms with Gasteiger partial charge >= 0.3 is 5.97 Å². The van der Waals surface area contributed by atoms with Crippen molar-refractivity contribution in [1.29, 1.82) is 0 Å². The molecule has 0 saturated heterocycles. The molecule has 0 radical (unpaired) electrons. The number of nitrogens with one attached hydrogen (secondary N) is 1. The number of ether oxygens (including phenoxy) is 1. The molecule has 0 aliphatic rings. The van der Waals surface area contributed by atoms with E-state index in [0.717, 1.165) is 0 Å². The van der Waals surface area contributed by atoms with E-state index in [1.807, 2.05) is 0 Å². The maximum absolute atomic E-state index is 12.3. The van der Waals surface area contributed by atoms with Gasteiger partial charge in [0, 0.05) is 5.02 Å². The molecule has 1 atom stereocenters. The number of benzene rings is 1. The Morgan fingerprint density at radius 2 is 1.90 bits per heavy atom. The summed E-state index contributed by atoms with van der Waals surface area (Å²) in [6.07, 6.45) is 0. The first-order valence-corrected chi connectivity index (χ1v) is 8.30. The van der Waals surface area contributed by atoms with Gasteiger partial charge in [-0.2, -0.15) is 4.72 Å². The van der Waals surface area contributed by atoms with Crippen molar-refractivity contribution in [2.75, 3.05) is 0 Å². The van der Waals surface area contributed by atoms with Crippen molar-refractivity contribution in [1.82, 2.24) is 4.72 Å². The van der Waals surface area contributed by atoms with Gasteiger partial charge in [0.1, 0.15) is 11.6 Å². The molecular weight excluding hydrogens is 314 g/mol. The Labute approximate surface area is 130 Å². The zero-order valence-corrected chi connectivity index (χ0v) is 14.3. The summed E-state index contributed by atoms with van der Waals surface area (Å²) in [4.78, 5) is 11.9. The highest BCUT2D eigenvalue weighted by Crippen LogP contribution is 2.20. The molecule has 0 bridgehead atoms. The zero-order chi connectivity index (χ0) is 16.4. The Hall–Kier alpha value is -1.11. The average Bonchev–Trinajstić information content (AvgIpc) is 2.29. The third kappa shape index (κ3) is 5.30. The standard InChI is InChI=1S/C14H20ClNO4S/c1-9-6-7-11(15)8-12(9)21(18,19)16-10(2)13(17)20-14(3,4)5/h6-8,10,16H,1-5H3/t10-/m1/s1. The van der Waals surface area contributed by atoms with E-state index in [0.29, 0.717) is 10.6 Å². The lowest BCUT2D eigenvalue weighted by atomic mass is 10.2. The lowest BCUT2D eigenvalue weighted by Crippen LogP contribution is -2.42. The molecule has 0 fully saturated rings. The van der Waals surface area contributed by atoms with E-state index in [2.05, 4.69) is 4.72 Å². The fraction of sp³-hybridized carbons (Fsp3) is 0.500. The number of carbonyl (C=O) groups excluding carboxylic acids is 1. The second kappa shape index (κ2) is 6.34. The van der Waals surface area contributed by atoms with Crippen LogP contribution in [-0.2, 0) is 19.6 Å². The molecule has 7 heteroatoms. The normalized spacial score (nSPS) is 13.8. The Morgan fingerprint density at radius 1 is 1.33 bits per heavy atom. The van der Waals surface area contributed by atoms with Crippen molar-refractivity contribution >= 4 is 27.6 Å². The summed E-state index contributed by atoms with van der Waals surface area (Å²) < 4.78 is 32.1. The van der Waals surface area contributed by atoms with Gasteiger partial charge in [-0.15, -0.1) is 0 Å². The predicted octanol–water partition coefficient (Wildman–Crippen LogP) is 2.66. The molecule has 118 valence electrons. The quantitative estimate of drug-likeness (QED) is 0.860. The van der Waals surface area contributed by atoms with Crippen LogP contribution in [0, 0.1) is 6.92 Å². The third-order valence-corrected chi connectivity index (χ3v) is 4.45. The molecule has 1 rings (SSSR count). The van der Waals surface area contributed by atoms with Crippen molar-refractivity contribution in [2.45, 2.75) is 51.2 Å². The van der Waals surface area contributed by atoms with Crippen molar-refractivity contribution < 1.29 is 17.9 Å². The molecule has 0 amide bonds. The van der Waals surface area contributed by atoms with E-state index in [1.54, 1.807) is 39.8 Å². The Morgan fingerprint density at radius 3 is 2.43 bits per heavy atom. The van der Waals surface area contributed by atoms with Crippen LogP contribution < -0.4 is 4.72 Å². The molecule has 1 aromatic carbocycles. The first kappa shape index (κ1) is 17.9. The first-order chi connectivity index (χ1) is 9.42. The highest BCUT2D eigenvalue weighted by atomic mass is 35.5. The van der Waals surface area contributed by atoms with Crippen molar-refractivity contribution in [3.8, 4) is 0 Å². The second-order valence-electron chi connectivity index (χ2n) is 5.79. The van der Waals surface area contributed by atoms with Gasteiger partial charge < -0.3 is 4.74 Å². The molecule has 1 N–H and O–H groups in total. The molecule has 21 heavy (non-hydrogen) atoms. The van der Waals surface area contributed by atoms with E-state index in [4.69, 9.17) is 16.3 Å². The number of halogens is 1. The van der Waals surface area contributed by atoms with Gasteiger partial charge in [0.25, 0.3) is 0 Å². The van der Waals surface area contributed by atoms with E-state index in [-0.39, 0.29) is 4.90 Å². The second-order valence-corrected chi connectivity index (χ2v) is 7.91. The van der Waals surface area contributed by atoms with Crippen LogP contribution in [0.15, 0.2) is 23.1 Å². The van der Waals surface area contributed by atoms with Crippen LogP contribution in [0.1, 0.15) is 33.3 Å². The van der Waals surface area contributed by atoms with E-state index in [9.17, 15) is 13.2 Å². The maximum Gasteiger partial charge on any atom is 0.324 e. The van der Waals surface area contributed by atoms with Crippen LogP contribution in [0.5, 0.6) is 0 Å². The number of aryl methyl sites for hydroxylation is 1. The Kier molecular flexibility index (Phi) is 5.41. The first-order valence-electron chi connectivity index (χ1n) is 6.44.